The van der Waals surface area contributed by atoms with E-state index in [1.54, 1.807) is 10.6 Å². The van der Waals surface area contributed by atoms with Crippen molar-refractivity contribution >= 4 is 21.8 Å². The molecule has 1 aliphatic heterocycles. The molecule has 7 nitrogen and oxygen atoms in total. The van der Waals surface area contributed by atoms with Crippen LogP contribution in [0, 0.1) is 5.82 Å². The predicted octanol–water partition coefficient (Wildman–Crippen LogP) is 3.09. The smallest absolute Gasteiger partial charge is 0.348 e. The molecule has 0 aliphatic carbocycles. The van der Waals surface area contributed by atoms with Crippen molar-refractivity contribution in [1.82, 2.24) is 23.9 Å². The van der Waals surface area contributed by atoms with Crippen LogP contribution in [0.15, 0.2) is 53.5 Å². The van der Waals surface area contributed by atoms with E-state index in [9.17, 15) is 9.18 Å². The summed E-state index contributed by atoms with van der Waals surface area (Å²) in [5.41, 5.74) is 10.4. The number of para-hydroxylation sites is 1. The van der Waals surface area contributed by atoms with Crippen LogP contribution in [0.2, 0.25) is 0 Å². The van der Waals surface area contributed by atoms with Crippen LogP contribution in [0.1, 0.15) is 12.1 Å². The van der Waals surface area contributed by atoms with Gasteiger partial charge >= 0.3 is 5.69 Å². The van der Waals surface area contributed by atoms with E-state index in [-0.39, 0.29) is 17.5 Å². The number of nitrogens with one attached hydrogen (secondary N) is 1. The Bertz CT molecular complexity index is 1540. The van der Waals surface area contributed by atoms with Crippen molar-refractivity contribution in [3.8, 4) is 17.1 Å². The Morgan fingerprint density at radius 2 is 2.00 bits per heavy atom. The number of halogens is 1. The predicted molar refractivity (Wildman–Crippen MR) is 118 cm³/mol. The number of hydrogen-bond acceptors (Lipinski definition) is 3. The first-order valence-electron chi connectivity index (χ1n) is 10.3. The Morgan fingerprint density at radius 1 is 1.16 bits per heavy atom. The molecule has 31 heavy (non-hydrogen) atoms. The van der Waals surface area contributed by atoms with Gasteiger partial charge < -0.3 is 14.9 Å². The van der Waals surface area contributed by atoms with Gasteiger partial charge in [0.05, 0.1) is 11.2 Å². The molecular formula is C23H21FN6O. The zero-order chi connectivity index (χ0) is 21.3. The summed E-state index contributed by atoms with van der Waals surface area (Å²) >= 11 is 0. The van der Waals surface area contributed by atoms with Crippen LogP contribution < -0.4 is 11.4 Å². The van der Waals surface area contributed by atoms with Crippen LogP contribution in [0.5, 0.6) is 0 Å². The molecule has 0 saturated heterocycles. The fourth-order valence-electron chi connectivity index (χ4n) is 4.92. The van der Waals surface area contributed by atoms with Gasteiger partial charge in [0.25, 0.3) is 0 Å². The van der Waals surface area contributed by atoms with E-state index in [2.05, 4.69) is 20.8 Å². The van der Waals surface area contributed by atoms with Crippen LogP contribution in [0.4, 0.5) is 4.39 Å². The fourth-order valence-corrected chi connectivity index (χ4v) is 4.92. The van der Waals surface area contributed by atoms with Crippen molar-refractivity contribution in [2.45, 2.75) is 25.4 Å². The third kappa shape index (κ3) is 2.55. The summed E-state index contributed by atoms with van der Waals surface area (Å²) in [4.78, 5) is 13.1. The number of rotatable bonds is 2. The molecule has 156 valence electrons. The number of hydrogen-bond donors (Lipinski definition) is 2. The summed E-state index contributed by atoms with van der Waals surface area (Å²) in [5, 5.41) is 8.65. The molecular weight excluding hydrogens is 395 g/mol. The molecule has 1 unspecified atom stereocenters. The second-order valence-corrected chi connectivity index (χ2v) is 8.22. The van der Waals surface area contributed by atoms with Gasteiger partial charge in [-0.3, -0.25) is 0 Å². The normalized spacial score (nSPS) is 16.3. The summed E-state index contributed by atoms with van der Waals surface area (Å²) in [5.74, 6) is 0.126. The van der Waals surface area contributed by atoms with Gasteiger partial charge in [-0.2, -0.15) is 5.10 Å². The molecule has 0 fully saturated rings. The van der Waals surface area contributed by atoms with Crippen molar-refractivity contribution in [2.24, 2.45) is 12.8 Å². The average molecular weight is 416 g/mol. The Morgan fingerprint density at radius 3 is 2.87 bits per heavy atom. The van der Waals surface area contributed by atoms with E-state index in [1.807, 2.05) is 36.0 Å². The van der Waals surface area contributed by atoms with Crippen molar-refractivity contribution in [3.63, 3.8) is 0 Å². The molecule has 1 aliphatic rings. The van der Waals surface area contributed by atoms with Gasteiger partial charge in [0.2, 0.25) is 0 Å². The first-order chi connectivity index (χ1) is 15.0. The largest absolute Gasteiger partial charge is 0.350 e. The third-order valence-electron chi connectivity index (χ3n) is 6.32. The first kappa shape index (κ1) is 18.1. The monoisotopic (exact) mass is 416 g/mol. The summed E-state index contributed by atoms with van der Waals surface area (Å²) in [7, 11) is 1.90. The Kier molecular flexibility index (Phi) is 3.76. The summed E-state index contributed by atoms with van der Waals surface area (Å²) in [6, 6.07) is 12.7. The zero-order valence-electron chi connectivity index (χ0n) is 17.0. The molecule has 5 aromatic rings. The van der Waals surface area contributed by atoms with Crippen molar-refractivity contribution in [1.29, 1.82) is 0 Å². The third-order valence-corrected chi connectivity index (χ3v) is 6.32. The van der Waals surface area contributed by atoms with Gasteiger partial charge in [-0.25, -0.2) is 18.9 Å². The number of H-pyrrole nitrogens is 1. The van der Waals surface area contributed by atoms with Crippen molar-refractivity contribution in [3.05, 3.63) is 70.7 Å². The number of nitrogens with zero attached hydrogens (tertiary/aromatic N) is 4. The maximum atomic E-state index is 14.1. The lowest BCUT2D eigenvalue weighted by atomic mass is 10.0. The fraction of sp³-hybridized carbons (Fsp3) is 0.217. The highest BCUT2D eigenvalue weighted by Gasteiger charge is 2.28. The molecule has 6 rings (SSSR count). The van der Waals surface area contributed by atoms with E-state index in [4.69, 9.17) is 5.73 Å². The maximum Gasteiger partial charge on any atom is 0.348 e. The highest BCUT2D eigenvalue weighted by atomic mass is 19.1. The molecule has 0 spiro atoms. The molecule has 0 amide bonds. The standard InChI is InChI=1S/C23H21FN6O/c1-28-12-17(16-10-13(24)6-7-18(16)28)22-26-27-23(31)30(22)21-15-4-2-3-5-19(15)29-9-8-14(25)11-20(21)29/h2-7,10,12,14H,8-9,11,25H2,1H3,(H,27,31). The van der Waals surface area contributed by atoms with E-state index in [0.29, 0.717) is 23.2 Å². The molecule has 3 N–H and O–H groups in total. The van der Waals surface area contributed by atoms with Gasteiger partial charge in [0.1, 0.15) is 5.82 Å². The van der Waals surface area contributed by atoms with E-state index in [1.165, 1.54) is 12.1 Å². The van der Waals surface area contributed by atoms with Crippen LogP contribution in [-0.4, -0.2) is 29.9 Å². The number of aromatic nitrogens is 5. The number of aromatic amines is 1. The molecule has 8 heteroatoms. The summed E-state index contributed by atoms with van der Waals surface area (Å²) < 4.78 is 19.9. The minimum absolute atomic E-state index is 0.0354. The van der Waals surface area contributed by atoms with E-state index < -0.39 is 0 Å². The molecule has 4 heterocycles. The number of fused-ring (bicyclic) bond motifs is 4. The molecule has 3 aromatic heterocycles. The molecule has 0 saturated carbocycles. The highest BCUT2D eigenvalue weighted by molar-refractivity contribution is 5.96. The van der Waals surface area contributed by atoms with Crippen LogP contribution in [0.25, 0.3) is 38.9 Å². The number of benzene rings is 2. The molecule has 0 bridgehead atoms. The minimum Gasteiger partial charge on any atom is -0.350 e. The van der Waals surface area contributed by atoms with E-state index >= 15 is 0 Å². The molecule has 1 atom stereocenters. The quantitative estimate of drug-likeness (QED) is 0.464. The number of aryl methyl sites for hydroxylation is 2. The summed E-state index contributed by atoms with van der Waals surface area (Å²) in [6.07, 6.45) is 3.44. The Labute approximate surface area is 176 Å². The van der Waals surface area contributed by atoms with E-state index in [0.717, 1.165) is 40.8 Å². The van der Waals surface area contributed by atoms with Crippen LogP contribution in [0.3, 0.4) is 0 Å². The Balaban J connectivity index is 1.70. The first-order valence-corrected chi connectivity index (χ1v) is 10.3. The SMILES string of the molecule is Cn1cc(-c2n[nH]c(=O)n2-c2c3n(c4ccccc24)CCC(N)C3)c2cc(F)ccc21. The van der Waals surface area contributed by atoms with Gasteiger partial charge in [-0.1, -0.05) is 18.2 Å². The highest BCUT2D eigenvalue weighted by Crippen LogP contribution is 2.36. The average Bonchev–Trinajstić information content (AvgIpc) is 3.39. The van der Waals surface area contributed by atoms with Crippen molar-refractivity contribution < 1.29 is 4.39 Å². The molecule has 0 radical (unpaired) electrons. The number of nitrogens with two attached hydrogens (primary N) is 1. The Hall–Kier alpha value is -3.65. The lowest BCUT2D eigenvalue weighted by molar-refractivity contribution is 0.479. The maximum absolute atomic E-state index is 14.1. The van der Waals surface area contributed by atoms with Gasteiger partial charge in [0, 0.05) is 59.8 Å². The second kappa shape index (κ2) is 6.42. The van der Waals surface area contributed by atoms with Gasteiger partial charge in [0.15, 0.2) is 5.82 Å². The topological polar surface area (TPSA) is 86.6 Å². The van der Waals surface area contributed by atoms with Crippen LogP contribution >= 0.6 is 0 Å². The minimum atomic E-state index is -0.332. The van der Waals surface area contributed by atoms with Gasteiger partial charge in [-0.15, -0.1) is 0 Å². The second-order valence-electron chi connectivity index (χ2n) is 8.22. The zero-order valence-corrected chi connectivity index (χ0v) is 17.0. The van der Waals surface area contributed by atoms with Gasteiger partial charge in [-0.05, 0) is 30.7 Å². The molecule has 2 aromatic carbocycles. The van der Waals surface area contributed by atoms with Crippen LogP contribution in [-0.2, 0) is 20.0 Å². The summed E-state index contributed by atoms with van der Waals surface area (Å²) in [6.45, 7) is 0.804. The lowest BCUT2D eigenvalue weighted by Gasteiger charge is -2.22. The lowest BCUT2D eigenvalue weighted by Crippen LogP contribution is -2.31. The van der Waals surface area contributed by atoms with Crippen molar-refractivity contribution in [2.75, 3.05) is 0 Å².